The third kappa shape index (κ3) is 4.59. The van der Waals surface area contributed by atoms with Gasteiger partial charge in [-0.15, -0.1) is 0 Å². The zero-order valence-corrected chi connectivity index (χ0v) is 23.2. The normalized spacial score (nSPS) is 16.5. The van der Waals surface area contributed by atoms with E-state index in [9.17, 15) is 0 Å². The molecule has 0 nitrogen and oxygen atoms in total. The highest BCUT2D eigenvalue weighted by atomic mass is 14.5. The first-order valence-electron chi connectivity index (χ1n) is 13.8. The van der Waals surface area contributed by atoms with E-state index in [0.717, 1.165) is 12.8 Å². The average Bonchev–Trinajstić information content (AvgIpc) is 3.15. The van der Waals surface area contributed by atoms with Crippen LogP contribution in [0.3, 0.4) is 0 Å². The molecule has 0 bridgehead atoms. The van der Waals surface area contributed by atoms with E-state index in [0.29, 0.717) is 0 Å². The maximum atomic E-state index is 2.38. The van der Waals surface area contributed by atoms with Gasteiger partial charge in [0.15, 0.2) is 0 Å². The summed E-state index contributed by atoms with van der Waals surface area (Å²) in [5, 5.41) is 0. The first kappa shape index (κ1) is 28.1. The fourth-order valence-corrected chi connectivity index (χ4v) is 5.34. The van der Waals surface area contributed by atoms with Crippen LogP contribution in [0.1, 0.15) is 79.4 Å². The molecule has 4 aliphatic rings. The third-order valence-electron chi connectivity index (χ3n) is 6.31. The van der Waals surface area contributed by atoms with E-state index >= 15 is 0 Å². The second-order valence-corrected chi connectivity index (χ2v) is 7.58. The summed E-state index contributed by atoms with van der Waals surface area (Å²) >= 11 is 0. The van der Waals surface area contributed by atoms with Crippen LogP contribution in [0.25, 0.3) is 11.1 Å². The van der Waals surface area contributed by atoms with Gasteiger partial charge in [-0.2, -0.15) is 0 Å². The number of fused-ring (bicyclic) bond motifs is 8. The molecule has 0 saturated carbocycles. The highest BCUT2D eigenvalue weighted by molar-refractivity contribution is 5.91. The quantitative estimate of drug-likeness (QED) is 0.363. The molecule has 0 unspecified atom stereocenters. The molecule has 2 aromatic rings. The van der Waals surface area contributed by atoms with E-state index in [1.54, 1.807) is 0 Å². The fourth-order valence-electron chi connectivity index (χ4n) is 5.34. The molecule has 0 saturated heterocycles. The molecule has 35 heavy (non-hydrogen) atoms. The van der Waals surface area contributed by atoms with Gasteiger partial charge in [0, 0.05) is 0 Å². The Labute approximate surface area is 215 Å². The molecule has 0 aromatic heterocycles. The Bertz CT molecular complexity index is 1060. The van der Waals surface area contributed by atoms with Crippen molar-refractivity contribution in [3.63, 3.8) is 0 Å². The minimum Gasteiger partial charge on any atom is -0.0804 e. The number of hydrogen-bond acceptors (Lipinski definition) is 0. The molecule has 2 aromatic carbocycles. The lowest BCUT2D eigenvalue weighted by Gasteiger charge is -2.32. The van der Waals surface area contributed by atoms with Crippen molar-refractivity contribution in [3.05, 3.63) is 131 Å². The van der Waals surface area contributed by atoms with Gasteiger partial charge in [-0.1, -0.05) is 153 Å². The summed E-state index contributed by atoms with van der Waals surface area (Å²) in [7, 11) is 0. The summed E-state index contributed by atoms with van der Waals surface area (Å²) < 4.78 is 0. The van der Waals surface area contributed by atoms with Gasteiger partial charge in [0.25, 0.3) is 0 Å². The van der Waals surface area contributed by atoms with Gasteiger partial charge in [-0.25, -0.2) is 0 Å². The van der Waals surface area contributed by atoms with E-state index in [4.69, 9.17) is 0 Å². The molecule has 0 heterocycles. The Morgan fingerprint density at radius 1 is 0.457 bits per heavy atom. The summed E-state index contributed by atoms with van der Waals surface area (Å²) in [6, 6.07) is 18.0. The van der Waals surface area contributed by atoms with Crippen LogP contribution < -0.4 is 0 Å². The van der Waals surface area contributed by atoms with Gasteiger partial charge in [0.2, 0.25) is 0 Å². The monoisotopic (exact) mass is 464 g/mol. The summed E-state index contributed by atoms with van der Waals surface area (Å²) in [4.78, 5) is 0. The predicted molar refractivity (Wildman–Crippen MR) is 158 cm³/mol. The van der Waals surface area contributed by atoms with Crippen LogP contribution in [0, 0.1) is 0 Å². The first-order valence-corrected chi connectivity index (χ1v) is 13.8. The van der Waals surface area contributed by atoms with Crippen LogP contribution in [0.4, 0.5) is 0 Å². The number of benzene rings is 2. The largest absolute Gasteiger partial charge is 0.0804 e. The molecule has 0 atom stereocenters. The molecule has 0 radical (unpaired) electrons. The van der Waals surface area contributed by atoms with Crippen molar-refractivity contribution in [2.24, 2.45) is 0 Å². The minimum absolute atomic E-state index is 0.200. The van der Waals surface area contributed by atoms with Gasteiger partial charge < -0.3 is 0 Å². The summed E-state index contributed by atoms with van der Waals surface area (Å²) in [5.74, 6) is 0. The number of rotatable bonds is 0. The zero-order valence-electron chi connectivity index (χ0n) is 23.2. The number of hydrogen-bond donors (Lipinski definition) is 0. The Morgan fingerprint density at radius 2 is 0.800 bits per heavy atom. The Balaban J connectivity index is 0.000000495. The Kier molecular flexibility index (Phi) is 11.0. The fraction of sp³-hybridized carbons (Fsp3) is 0.314. The third-order valence-corrected chi connectivity index (χ3v) is 6.31. The smallest absolute Gasteiger partial charge is 0.0725 e. The molecule has 0 amide bonds. The van der Waals surface area contributed by atoms with Crippen molar-refractivity contribution in [2.45, 2.75) is 73.6 Å². The number of allylic oxidation sites excluding steroid dienone is 12. The average molecular weight is 465 g/mol. The lowest BCUT2D eigenvalue weighted by Crippen LogP contribution is -2.27. The molecule has 6 rings (SSSR count). The minimum atomic E-state index is -0.200. The SMILES string of the molecule is C1=CC2=C(C=CC1)C1(C3=C2C=CCC=C3)c2ccccc2-c2ccccc21.CC.CC.CC.CC. The molecular formula is C35H44. The Hall–Kier alpha value is -3.12. The van der Waals surface area contributed by atoms with Crippen LogP contribution in [0.15, 0.2) is 119 Å². The van der Waals surface area contributed by atoms with Crippen molar-refractivity contribution in [3.8, 4) is 11.1 Å². The molecule has 184 valence electrons. The molecule has 1 spiro atoms. The highest BCUT2D eigenvalue weighted by Gasteiger charge is 2.52. The van der Waals surface area contributed by atoms with Gasteiger partial charge in [0.1, 0.15) is 0 Å². The van der Waals surface area contributed by atoms with Gasteiger partial charge in [-0.05, 0) is 57.4 Å². The van der Waals surface area contributed by atoms with Crippen LogP contribution in [0.5, 0.6) is 0 Å². The molecule has 0 aliphatic heterocycles. The topological polar surface area (TPSA) is 0 Å². The van der Waals surface area contributed by atoms with Gasteiger partial charge in [0.05, 0.1) is 5.41 Å². The predicted octanol–water partition coefficient (Wildman–Crippen LogP) is 10.7. The van der Waals surface area contributed by atoms with E-state index in [2.05, 4.69) is 97.1 Å². The molecule has 0 N–H and O–H groups in total. The van der Waals surface area contributed by atoms with Crippen LogP contribution in [0.2, 0.25) is 0 Å². The van der Waals surface area contributed by atoms with Crippen molar-refractivity contribution >= 4 is 0 Å². The van der Waals surface area contributed by atoms with E-state index in [1.165, 1.54) is 44.5 Å². The lowest BCUT2D eigenvalue weighted by atomic mass is 9.68. The van der Waals surface area contributed by atoms with E-state index in [1.807, 2.05) is 55.4 Å². The van der Waals surface area contributed by atoms with Crippen molar-refractivity contribution in [2.75, 3.05) is 0 Å². The highest BCUT2D eigenvalue weighted by Crippen LogP contribution is 2.62. The van der Waals surface area contributed by atoms with Crippen molar-refractivity contribution < 1.29 is 0 Å². The first-order chi connectivity index (χ1) is 17.4. The molecule has 4 aliphatic carbocycles. The second-order valence-electron chi connectivity index (χ2n) is 7.58. The standard InChI is InChI=1S/C27H20.4C2H6/c1-3-11-19-20-12-4-2-6-16-24(20)27(23(19)15-5-1)25-17-9-7-13-21(25)22-14-8-10-18-26(22)27;4*1-2/h3-18H,1-2H2;4*1-2H3. The van der Waals surface area contributed by atoms with E-state index < -0.39 is 0 Å². The molecule has 0 heteroatoms. The van der Waals surface area contributed by atoms with Crippen LogP contribution >= 0.6 is 0 Å². The lowest BCUT2D eigenvalue weighted by molar-refractivity contribution is 0.779. The Morgan fingerprint density at radius 3 is 1.20 bits per heavy atom. The van der Waals surface area contributed by atoms with Crippen molar-refractivity contribution in [1.29, 1.82) is 0 Å². The van der Waals surface area contributed by atoms with Crippen LogP contribution in [-0.2, 0) is 5.41 Å². The van der Waals surface area contributed by atoms with Crippen molar-refractivity contribution in [1.82, 2.24) is 0 Å². The van der Waals surface area contributed by atoms with E-state index in [-0.39, 0.29) is 5.41 Å². The molecular weight excluding hydrogens is 420 g/mol. The second kappa shape index (κ2) is 13.7. The summed E-state index contributed by atoms with van der Waals surface area (Å²) in [6.07, 6.45) is 20.6. The maximum absolute atomic E-state index is 2.38. The summed E-state index contributed by atoms with van der Waals surface area (Å²) in [6.45, 7) is 16.0. The van der Waals surface area contributed by atoms with Gasteiger partial charge >= 0.3 is 0 Å². The zero-order chi connectivity index (χ0) is 25.8. The maximum Gasteiger partial charge on any atom is 0.0725 e. The van der Waals surface area contributed by atoms with Gasteiger partial charge in [-0.3, -0.25) is 0 Å². The van der Waals surface area contributed by atoms with Crippen LogP contribution in [-0.4, -0.2) is 0 Å². The summed E-state index contributed by atoms with van der Waals surface area (Å²) in [5.41, 5.74) is 11.0. The molecule has 0 fully saturated rings.